The number of fused-ring (bicyclic) bond motifs is 2. The molecule has 2 aromatic carbocycles. The molecule has 0 spiro atoms. The van der Waals surface area contributed by atoms with Gasteiger partial charge in [-0.2, -0.15) is 5.10 Å². The number of aromatic nitrogens is 3. The van der Waals surface area contributed by atoms with Crippen LogP contribution in [0.2, 0.25) is 5.02 Å². The number of nitrogens with zero attached hydrogens (tertiary/aromatic N) is 2. The van der Waals surface area contributed by atoms with Gasteiger partial charge in [0.25, 0.3) is 0 Å². The van der Waals surface area contributed by atoms with Crippen LogP contribution in [0.15, 0.2) is 48.7 Å². The van der Waals surface area contributed by atoms with Crippen LogP contribution < -0.4 is 5.73 Å². The maximum atomic E-state index is 6.00. The maximum Gasteiger partial charge on any atom is 0.139 e. The SMILES string of the molecule is Nc1ncc2ccccc2c1C#Cc1[nH]nc2cc(Cl)ccc12. The summed E-state index contributed by atoms with van der Waals surface area (Å²) in [6.07, 6.45) is 1.75. The molecule has 0 aliphatic heterocycles. The largest absolute Gasteiger partial charge is 0.383 e. The predicted molar refractivity (Wildman–Crippen MR) is 93.2 cm³/mol. The fourth-order valence-corrected chi connectivity index (χ4v) is 2.68. The molecule has 0 aliphatic rings. The second-order valence-corrected chi connectivity index (χ2v) is 5.55. The third-order valence-electron chi connectivity index (χ3n) is 3.66. The normalized spacial score (nSPS) is 10.7. The third-order valence-corrected chi connectivity index (χ3v) is 3.89. The average Bonchev–Trinajstić information content (AvgIpc) is 2.96. The summed E-state index contributed by atoms with van der Waals surface area (Å²) in [4.78, 5) is 4.21. The van der Waals surface area contributed by atoms with Gasteiger partial charge in [-0.3, -0.25) is 5.10 Å². The van der Waals surface area contributed by atoms with Gasteiger partial charge in [-0.05, 0) is 24.1 Å². The van der Waals surface area contributed by atoms with Crippen molar-refractivity contribution in [2.24, 2.45) is 0 Å². The van der Waals surface area contributed by atoms with E-state index in [2.05, 4.69) is 27.0 Å². The van der Waals surface area contributed by atoms with Crippen molar-refractivity contribution in [2.75, 3.05) is 5.73 Å². The van der Waals surface area contributed by atoms with Gasteiger partial charge in [0, 0.05) is 27.4 Å². The number of anilines is 1. The van der Waals surface area contributed by atoms with Crippen molar-refractivity contribution in [3.8, 4) is 11.8 Å². The summed E-state index contributed by atoms with van der Waals surface area (Å²) in [5.74, 6) is 6.65. The maximum absolute atomic E-state index is 6.00. The average molecular weight is 319 g/mol. The number of H-pyrrole nitrogens is 1. The van der Waals surface area contributed by atoms with Crippen LogP contribution in [0.4, 0.5) is 5.82 Å². The molecular formula is C18H11ClN4. The monoisotopic (exact) mass is 318 g/mol. The first-order chi connectivity index (χ1) is 11.2. The van der Waals surface area contributed by atoms with E-state index in [0.717, 1.165) is 32.9 Å². The highest BCUT2D eigenvalue weighted by atomic mass is 35.5. The number of nitrogens with two attached hydrogens (primary N) is 1. The smallest absolute Gasteiger partial charge is 0.139 e. The summed E-state index contributed by atoms with van der Waals surface area (Å²) < 4.78 is 0. The lowest BCUT2D eigenvalue weighted by Gasteiger charge is -2.02. The number of aromatic amines is 1. The second-order valence-electron chi connectivity index (χ2n) is 5.12. The second kappa shape index (κ2) is 5.31. The number of rotatable bonds is 0. The molecule has 0 atom stereocenters. The summed E-state index contributed by atoms with van der Waals surface area (Å²) in [5, 5.41) is 10.7. The molecule has 0 amide bonds. The molecule has 0 bridgehead atoms. The summed E-state index contributed by atoms with van der Waals surface area (Å²) >= 11 is 5.97. The van der Waals surface area contributed by atoms with E-state index in [4.69, 9.17) is 17.3 Å². The highest BCUT2D eigenvalue weighted by Gasteiger charge is 2.06. The highest BCUT2D eigenvalue weighted by molar-refractivity contribution is 6.31. The molecule has 0 fully saturated rings. The van der Waals surface area contributed by atoms with Gasteiger partial charge in [0.15, 0.2) is 0 Å². The highest BCUT2D eigenvalue weighted by Crippen LogP contribution is 2.22. The molecule has 0 radical (unpaired) electrons. The molecule has 3 N–H and O–H groups in total. The van der Waals surface area contributed by atoms with Crippen LogP contribution in [-0.4, -0.2) is 15.2 Å². The van der Waals surface area contributed by atoms with Crippen molar-refractivity contribution in [3.63, 3.8) is 0 Å². The van der Waals surface area contributed by atoms with E-state index in [9.17, 15) is 0 Å². The number of benzene rings is 2. The first kappa shape index (κ1) is 13.6. The Labute approximate surface area is 137 Å². The Morgan fingerprint density at radius 2 is 1.91 bits per heavy atom. The Hall–Kier alpha value is -3.03. The van der Waals surface area contributed by atoms with Crippen molar-refractivity contribution in [3.05, 3.63) is 64.9 Å². The quantitative estimate of drug-likeness (QED) is 0.485. The first-order valence-electron chi connectivity index (χ1n) is 7.01. The van der Waals surface area contributed by atoms with Crippen LogP contribution in [0.5, 0.6) is 0 Å². The van der Waals surface area contributed by atoms with Gasteiger partial charge in [0.05, 0.1) is 11.1 Å². The van der Waals surface area contributed by atoms with Crippen molar-refractivity contribution in [2.45, 2.75) is 0 Å². The van der Waals surface area contributed by atoms with E-state index in [1.54, 1.807) is 12.3 Å². The predicted octanol–water partition coefficient (Wildman–Crippen LogP) is 3.75. The molecule has 23 heavy (non-hydrogen) atoms. The van der Waals surface area contributed by atoms with Crippen LogP contribution in [0.3, 0.4) is 0 Å². The van der Waals surface area contributed by atoms with Gasteiger partial charge in [-0.15, -0.1) is 0 Å². The molecule has 2 aromatic heterocycles. The Balaban J connectivity index is 1.88. The topological polar surface area (TPSA) is 67.6 Å². The molecule has 5 heteroatoms. The van der Waals surface area contributed by atoms with E-state index in [1.807, 2.05) is 36.4 Å². The molecule has 4 aromatic rings. The zero-order valence-electron chi connectivity index (χ0n) is 12.0. The minimum atomic E-state index is 0.420. The van der Waals surface area contributed by atoms with Gasteiger partial charge in [-0.25, -0.2) is 4.98 Å². The lowest BCUT2D eigenvalue weighted by molar-refractivity contribution is 1.10. The minimum absolute atomic E-state index is 0.420. The molecule has 0 saturated carbocycles. The van der Waals surface area contributed by atoms with Gasteiger partial charge >= 0.3 is 0 Å². The third kappa shape index (κ3) is 2.37. The summed E-state index contributed by atoms with van der Waals surface area (Å²) in [6, 6.07) is 13.4. The van der Waals surface area contributed by atoms with Crippen LogP contribution >= 0.6 is 11.6 Å². The Morgan fingerprint density at radius 1 is 1.04 bits per heavy atom. The van der Waals surface area contributed by atoms with Crippen LogP contribution in [0.1, 0.15) is 11.3 Å². The standard InChI is InChI=1S/C18H11ClN4/c19-12-5-6-15-16(22-23-17(15)9-12)8-7-14-13-4-2-1-3-11(13)10-21-18(14)20/h1-6,9-10H,(H2,20,21)(H,22,23). The number of nitrogens with one attached hydrogen (secondary N) is 1. The Bertz CT molecular complexity index is 1100. The van der Waals surface area contributed by atoms with E-state index >= 15 is 0 Å². The first-order valence-corrected chi connectivity index (χ1v) is 7.39. The van der Waals surface area contributed by atoms with E-state index in [-0.39, 0.29) is 0 Å². The van der Waals surface area contributed by atoms with Crippen LogP contribution in [0.25, 0.3) is 21.7 Å². The molecule has 110 valence electrons. The Morgan fingerprint density at radius 3 is 2.83 bits per heavy atom. The molecule has 0 saturated heterocycles. The minimum Gasteiger partial charge on any atom is -0.383 e. The fourth-order valence-electron chi connectivity index (χ4n) is 2.52. The fraction of sp³-hybridized carbons (Fsp3) is 0. The zero-order chi connectivity index (χ0) is 15.8. The molecule has 0 aliphatic carbocycles. The molecule has 4 rings (SSSR count). The van der Waals surface area contributed by atoms with Gasteiger partial charge in [-0.1, -0.05) is 41.8 Å². The number of pyridine rings is 1. The van der Waals surface area contributed by atoms with Gasteiger partial charge in [0.2, 0.25) is 0 Å². The van der Waals surface area contributed by atoms with Crippen molar-refractivity contribution >= 4 is 39.1 Å². The molecule has 4 nitrogen and oxygen atoms in total. The summed E-state index contributed by atoms with van der Waals surface area (Å²) in [5.41, 5.74) is 8.23. The zero-order valence-corrected chi connectivity index (χ0v) is 12.7. The van der Waals surface area contributed by atoms with Gasteiger partial charge < -0.3 is 5.73 Å². The lowest BCUT2D eigenvalue weighted by Crippen LogP contribution is -1.95. The van der Waals surface area contributed by atoms with Crippen molar-refractivity contribution in [1.29, 1.82) is 0 Å². The number of halogens is 1. The van der Waals surface area contributed by atoms with Crippen LogP contribution in [-0.2, 0) is 0 Å². The lowest BCUT2D eigenvalue weighted by atomic mass is 10.1. The number of nitrogen functional groups attached to an aromatic ring is 1. The van der Waals surface area contributed by atoms with Crippen molar-refractivity contribution < 1.29 is 0 Å². The summed E-state index contributed by atoms with van der Waals surface area (Å²) in [6.45, 7) is 0. The van der Waals surface area contributed by atoms with E-state index in [0.29, 0.717) is 10.8 Å². The summed E-state index contributed by atoms with van der Waals surface area (Å²) in [7, 11) is 0. The number of hydrogen-bond donors (Lipinski definition) is 2. The van der Waals surface area contributed by atoms with Crippen molar-refractivity contribution in [1.82, 2.24) is 15.2 Å². The van der Waals surface area contributed by atoms with Gasteiger partial charge in [0.1, 0.15) is 11.5 Å². The van der Waals surface area contributed by atoms with Crippen LogP contribution in [0, 0.1) is 11.8 Å². The molecular weight excluding hydrogens is 308 g/mol. The number of hydrogen-bond acceptors (Lipinski definition) is 3. The van der Waals surface area contributed by atoms with E-state index < -0.39 is 0 Å². The Kier molecular flexibility index (Phi) is 3.14. The molecule has 2 heterocycles. The van der Waals surface area contributed by atoms with E-state index in [1.165, 1.54) is 0 Å². The molecule has 0 unspecified atom stereocenters.